The number of carbonyl (C=O) groups excluding carboxylic acids is 1. The van der Waals surface area contributed by atoms with Gasteiger partial charge in [-0.3, -0.25) is 4.79 Å². The highest BCUT2D eigenvalue weighted by Gasteiger charge is 2.13. The van der Waals surface area contributed by atoms with Gasteiger partial charge in [0.2, 0.25) is 0 Å². The highest BCUT2D eigenvalue weighted by molar-refractivity contribution is 9.10. The lowest BCUT2D eigenvalue weighted by atomic mass is 10.2. The van der Waals surface area contributed by atoms with Crippen molar-refractivity contribution in [1.82, 2.24) is 0 Å². The zero-order valence-corrected chi connectivity index (χ0v) is 15.0. The van der Waals surface area contributed by atoms with E-state index in [1.165, 1.54) is 0 Å². The molecule has 2 aromatic rings. The number of anilines is 1. The molecule has 0 heterocycles. The standard InChI is InChI=1S/C17H18BrClN2O/c1-12-9-14(18)7-8-16(12)20-17(22)11-21(2)10-13-5-3-4-6-15(13)19/h3-9H,10-11H2,1-2H3,(H,20,22)/p+1. The maximum absolute atomic E-state index is 12.2. The number of hydrogen-bond donors (Lipinski definition) is 2. The number of nitrogens with one attached hydrogen (secondary N) is 2. The predicted octanol–water partition coefficient (Wildman–Crippen LogP) is 3.06. The van der Waals surface area contributed by atoms with Crippen LogP contribution in [0, 0.1) is 6.92 Å². The average molecular weight is 383 g/mol. The summed E-state index contributed by atoms with van der Waals surface area (Å²) in [5.41, 5.74) is 2.93. The third-order valence-corrected chi connectivity index (χ3v) is 4.24. The molecule has 5 heteroatoms. The van der Waals surface area contributed by atoms with E-state index in [2.05, 4.69) is 21.2 Å². The van der Waals surface area contributed by atoms with Crippen molar-refractivity contribution in [3.8, 4) is 0 Å². The summed E-state index contributed by atoms with van der Waals surface area (Å²) in [7, 11) is 1.98. The van der Waals surface area contributed by atoms with Crippen molar-refractivity contribution in [2.45, 2.75) is 13.5 Å². The zero-order chi connectivity index (χ0) is 16.1. The van der Waals surface area contributed by atoms with Crippen LogP contribution in [0.3, 0.4) is 0 Å². The second kappa shape index (κ2) is 7.77. The summed E-state index contributed by atoms with van der Waals surface area (Å²) in [4.78, 5) is 13.2. The summed E-state index contributed by atoms with van der Waals surface area (Å²) < 4.78 is 1.00. The summed E-state index contributed by atoms with van der Waals surface area (Å²) in [6.07, 6.45) is 0. The molecule has 22 heavy (non-hydrogen) atoms. The van der Waals surface area contributed by atoms with E-state index in [9.17, 15) is 4.79 Å². The smallest absolute Gasteiger partial charge is 0.279 e. The summed E-state index contributed by atoms with van der Waals surface area (Å²) in [5.74, 6) is -0.00465. The molecule has 116 valence electrons. The quantitative estimate of drug-likeness (QED) is 0.819. The zero-order valence-electron chi connectivity index (χ0n) is 12.6. The Bertz CT molecular complexity index is 675. The average Bonchev–Trinajstić information content (AvgIpc) is 2.44. The van der Waals surface area contributed by atoms with Crippen molar-refractivity contribution < 1.29 is 9.69 Å². The van der Waals surface area contributed by atoms with Gasteiger partial charge in [-0.05, 0) is 36.8 Å². The van der Waals surface area contributed by atoms with E-state index >= 15 is 0 Å². The van der Waals surface area contributed by atoms with Gasteiger partial charge in [-0.15, -0.1) is 0 Å². The molecule has 2 N–H and O–H groups in total. The van der Waals surface area contributed by atoms with Crippen LogP contribution in [0.4, 0.5) is 5.69 Å². The molecule has 0 bridgehead atoms. The van der Waals surface area contributed by atoms with Crippen molar-refractivity contribution in [1.29, 1.82) is 0 Å². The Labute approximate surface area is 144 Å². The molecule has 1 amide bonds. The molecule has 1 unspecified atom stereocenters. The van der Waals surface area contributed by atoms with Crippen LogP contribution in [0.1, 0.15) is 11.1 Å². The molecule has 0 saturated heterocycles. The van der Waals surface area contributed by atoms with Crippen molar-refractivity contribution in [2.75, 3.05) is 18.9 Å². The molecule has 0 aliphatic rings. The highest BCUT2D eigenvalue weighted by atomic mass is 79.9. The molecular weight excluding hydrogens is 364 g/mol. The molecule has 2 rings (SSSR count). The summed E-state index contributed by atoms with van der Waals surface area (Å²) in [6, 6.07) is 13.5. The van der Waals surface area contributed by atoms with Crippen LogP contribution in [-0.4, -0.2) is 19.5 Å². The van der Waals surface area contributed by atoms with Gasteiger partial charge in [-0.25, -0.2) is 0 Å². The molecule has 3 nitrogen and oxygen atoms in total. The first kappa shape index (κ1) is 17.0. The van der Waals surface area contributed by atoms with Crippen LogP contribution < -0.4 is 10.2 Å². The molecule has 0 radical (unpaired) electrons. The van der Waals surface area contributed by atoms with Gasteiger partial charge in [0.25, 0.3) is 5.91 Å². The molecule has 0 spiro atoms. The Morgan fingerprint density at radius 2 is 2.00 bits per heavy atom. The predicted molar refractivity (Wildman–Crippen MR) is 94.4 cm³/mol. The number of amides is 1. The minimum Gasteiger partial charge on any atom is -0.326 e. The van der Waals surface area contributed by atoms with Crippen LogP contribution in [0.2, 0.25) is 5.02 Å². The Morgan fingerprint density at radius 1 is 1.27 bits per heavy atom. The Balaban J connectivity index is 1.93. The fourth-order valence-corrected chi connectivity index (χ4v) is 2.94. The van der Waals surface area contributed by atoms with Gasteiger partial charge in [0.15, 0.2) is 6.54 Å². The van der Waals surface area contributed by atoms with Crippen molar-refractivity contribution in [3.05, 3.63) is 63.1 Å². The molecule has 0 aromatic heterocycles. The van der Waals surface area contributed by atoms with Crippen LogP contribution in [0.5, 0.6) is 0 Å². The minimum absolute atomic E-state index is 0.00465. The molecule has 0 saturated carbocycles. The first-order valence-corrected chi connectivity index (χ1v) is 8.23. The number of carbonyl (C=O) groups is 1. The lowest BCUT2D eigenvalue weighted by molar-refractivity contribution is -0.885. The van der Waals surface area contributed by atoms with E-state index in [1.54, 1.807) is 0 Å². The third kappa shape index (κ3) is 4.83. The highest BCUT2D eigenvalue weighted by Crippen LogP contribution is 2.19. The van der Waals surface area contributed by atoms with Crippen LogP contribution in [0.25, 0.3) is 0 Å². The SMILES string of the molecule is Cc1cc(Br)ccc1NC(=O)C[NH+](C)Cc1ccccc1Cl. The van der Waals surface area contributed by atoms with Crippen LogP contribution in [-0.2, 0) is 11.3 Å². The summed E-state index contributed by atoms with van der Waals surface area (Å²) >= 11 is 9.57. The number of rotatable bonds is 5. The van der Waals surface area contributed by atoms with Gasteiger partial charge in [-0.2, -0.15) is 0 Å². The lowest BCUT2D eigenvalue weighted by Gasteiger charge is -2.15. The first-order chi connectivity index (χ1) is 10.5. The van der Waals surface area contributed by atoms with Crippen LogP contribution >= 0.6 is 27.5 Å². The molecule has 0 aliphatic heterocycles. The Hall–Kier alpha value is -1.36. The third-order valence-electron chi connectivity index (χ3n) is 3.37. The van der Waals surface area contributed by atoms with Crippen molar-refractivity contribution in [3.63, 3.8) is 0 Å². The molecule has 1 atom stereocenters. The number of benzene rings is 2. The normalized spacial score (nSPS) is 12.0. The van der Waals surface area contributed by atoms with Gasteiger partial charge >= 0.3 is 0 Å². The summed E-state index contributed by atoms with van der Waals surface area (Å²) in [6.45, 7) is 3.08. The second-order valence-corrected chi connectivity index (χ2v) is 6.73. The van der Waals surface area contributed by atoms with E-state index in [0.29, 0.717) is 13.1 Å². The van der Waals surface area contributed by atoms with E-state index in [0.717, 1.165) is 31.2 Å². The number of quaternary nitrogens is 1. The Morgan fingerprint density at radius 3 is 2.68 bits per heavy atom. The minimum atomic E-state index is -0.00465. The topological polar surface area (TPSA) is 33.5 Å². The number of aryl methyl sites for hydroxylation is 1. The maximum atomic E-state index is 12.2. The fraction of sp³-hybridized carbons (Fsp3) is 0.235. The van der Waals surface area contributed by atoms with Crippen molar-refractivity contribution in [2.24, 2.45) is 0 Å². The number of likely N-dealkylation sites (N-methyl/N-ethyl adjacent to an activating group) is 1. The van der Waals surface area contributed by atoms with Gasteiger partial charge in [0.1, 0.15) is 6.54 Å². The molecule has 0 aliphatic carbocycles. The molecule has 0 fully saturated rings. The molecule has 2 aromatic carbocycles. The first-order valence-electron chi connectivity index (χ1n) is 7.06. The van der Waals surface area contributed by atoms with Crippen LogP contribution in [0.15, 0.2) is 46.9 Å². The van der Waals surface area contributed by atoms with E-state index in [-0.39, 0.29) is 5.91 Å². The van der Waals surface area contributed by atoms with E-state index in [4.69, 9.17) is 11.6 Å². The largest absolute Gasteiger partial charge is 0.326 e. The number of hydrogen-bond acceptors (Lipinski definition) is 1. The van der Waals surface area contributed by atoms with Gasteiger partial charge in [0.05, 0.1) is 7.05 Å². The maximum Gasteiger partial charge on any atom is 0.279 e. The number of halogens is 2. The second-order valence-electron chi connectivity index (χ2n) is 5.41. The summed E-state index contributed by atoms with van der Waals surface area (Å²) in [5, 5.41) is 3.70. The lowest BCUT2D eigenvalue weighted by Crippen LogP contribution is -3.08. The van der Waals surface area contributed by atoms with Gasteiger partial charge in [-0.1, -0.05) is 45.7 Å². The monoisotopic (exact) mass is 381 g/mol. The molecular formula is C17H19BrClN2O+. The fourth-order valence-electron chi connectivity index (χ4n) is 2.27. The van der Waals surface area contributed by atoms with E-state index < -0.39 is 0 Å². The van der Waals surface area contributed by atoms with E-state index in [1.807, 2.05) is 56.4 Å². The van der Waals surface area contributed by atoms with Gasteiger partial charge in [0, 0.05) is 20.7 Å². The van der Waals surface area contributed by atoms with Crippen molar-refractivity contribution >= 4 is 39.1 Å². The van der Waals surface area contributed by atoms with Gasteiger partial charge < -0.3 is 10.2 Å². The Kier molecular flexibility index (Phi) is 6.00.